The van der Waals surface area contributed by atoms with Gasteiger partial charge in [-0.2, -0.15) is 0 Å². The lowest BCUT2D eigenvalue weighted by atomic mass is 10.3. The Bertz CT molecular complexity index is 678. The van der Waals surface area contributed by atoms with Gasteiger partial charge in [0.2, 0.25) is 0 Å². The van der Waals surface area contributed by atoms with E-state index in [1.807, 2.05) is 0 Å². The number of carboxylic acid groups (broad SMARTS) is 1. The number of aromatic nitrogens is 1. The fourth-order valence-corrected chi connectivity index (χ4v) is 2.57. The van der Waals surface area contributed by atoms with Crippen molar-refractivity contribution in [3.8, 4) is 0 Å². The molecule has 2 heterocycles. The summed E-state index contributed by atoms with van der Waals surface area (Å²) >= 11 is 1.39. The van der Waals surface area contributed by atoms with Crippen LogP contribution in [0.25, 0.3) is 0 Å². The maximum atomic E-state index is 11.6. The van der Waals surface area contributed by atoms with Gasteiger partial charge in [-0.15, -0.1) is 11.3 Å². The first-order valence-corrected chi connectivity index (χ1v) is 7.22. The molecule has 21 heavy (non-hydrogen) atoms. The number of hydrogen-bond donors (Lipinski definition) is 2. The molecular weight excluding hydrogens is 292 g/mol. The number of carboxylic acids is 1. The number of pyridine rings is 1. The lowest BCUT2D eigenvalue weighted by Crippen LogP contribution is -2.21. The van der Waals surface area contributed by atoms with Gasteiger partial charge >= 0.3 is 5.97 Å². The van der Waals surface area contributed by atoms with Gasteiger partial charge in [-0.25, -0.2) is 4.79 Å². The number of thiophene rings is 1. The molecule has 0 aromatic carbocycles. The molecule has 0 saturated carbocycles. The molecule has 6 nitrogen and oxygen atoms in total. The van der Waals surface area contributed by atoms with Crippen LogP contribution in [0.1, 0.15) is 15.2 Å². The minimum atomic E-state index is -0.925. The zero-order valence-corrected chi connectivity index (χ0v) is 12.4. The van der Waals surface area contributed by atoms with Crippen molar-refractivity contribution in [2.45, 2.75) is 13.1 Å². The first-order chi connectivity index (χ1) is 10.1. The second kappa shape index (κ2) is 7.05. The minimum absolute atomic E-state index is 0.0816. The molecule has 0 fully saturated rings. The van der Waals surface area contributed by atoms with Crippen molar-refractivity contribution in [2.75, 3.05) is 19.0 Å². The summed E-state index contributed by atoms with van der Waals surface area (Å²) in [6.07, 6.45) is 1.73. The zero-order chi connectivity index (χ0) is 15.2. The first kappa shape index (κ1) is 15.3. The van der Waals surface area contributed by atoms with Crippen molar-refractivity contribution in [2.24, 2.45) is 0 Å². The molecule has 0 amide bonds. The van der Waals surface area contributed by atoms with Crippen molar-refractivity contribution < 1.29 is 14.6 Å². The highest BCUT2D eigenvalue weighted by molar-refractivity contribution is 7.10. The van der Waals surface area contributed by atoms with E-state index in [4.69, 9.17) is 9.84 Å². The second-order valence-electron chi connectivity index (χ2n) is 4.40. The van der Waals surface area contributed by atoms with E-state index < -0.39 is 5.97 Å². The number of methoxy groups -OCH3 is 1. The van der Waals surface area contributed by atoms with E-state index in [1.165, 1.54) is 17.4 Å². The number of ether oxygens (including phenoxy) is 1. The van der Waals surface area contributed by atoms with E-state index in [9.17, 15) is 9.59 Å². The summed E-state index contributed by atoms with van der Waals surface area (Å²) in [5, 5.41) is 13.7. The van der Waals surface area contributed by atoms with Crippen molar-refractivity contribution in [3.05, 3.63) is 50.6 Å². The standard InChI is InChI=1S/C14H16N2O4S/c1-20-5-4-16-8-11(2-3-13(16)17)15-7-12-6-10(9-21-12)14(18)19/h2-3,6,8-9,15H,4-5,7H2,1H3,(H,18,19). The van der Waals surface area contributed by atoms with Gasteiger partial charge in [0.15, 0.2) is 0 Å². The molecule has 2 N–H and O–H groups in total. The molecule has 0 bridgehead atoms. The summed E-state index contributed by atoms with van der Waals surface area (Å²) < 4.78 is 6.53. The molecular formula is C14H16N2O4S. The van der Waals surface area contributed by atoms with Crippen LogP contribution in [0.2, 0.25) is 0 Å². The van der Waals surface area contributed by atoms with Crippen LogP contribution in [0.4, 0.5) is 5.69 Å². The Morgan fingerprint density at radius 2 is 2.29 bits per heavy atom. The van der Waals surface area contributed by atoms with Crippen LogP contribution in [0.5, 0.6) is 0 Å². The normalized spacial score (nSPS) is 10.5. The van der Waals surface area contributed by atoms with Gasteiger partial charge < -0.3 is 19.7 Å². The number of nitrogens with one attached hydrogen (secondary N) is 1. The van der Waals surface area contributed by atoms with E-state index in [2.05, 4.69) is 5.32 Å². The highest BCUT2D eigenvalue weighted by atomic mass is 32.1. The van der Waals surface area contributed by atoms with Crippen LogP contribution in [0.3, 0.4) is 0 Å². The van der Waals surface area contributed by atoms with Crippen LogP contribution in [-0.4, -0.2) is 29.4 Å². The fraction of sp³-hybridized carbons (Fsp3) is 0.286. The Kier molecular flexibility index (Phi) is 5.13. The number of hydrogen-bond acceptors (Lipinski definition) is 5. The molecule has 0 aliphatic carbocycles. The minimum Gasteiger partial charge on any atom is -0.478 e. The Hall–Kier alpha value is -2.12. The average Bonchev–Trinajstić information content (AvgIpc) is 2.94. The molecule has 2 aromatic rings. The lowest BCUT2D eigenvalue weighted by Gasteiger charge is -2.09. The van der Waals surface area contributed by atoms with Crippen LogP contribution in [0.15, 0.2) is 34.6 Å². The molecule has 7 heteroatoms. The van der Waals surface area contributed by atoms with Crippen molar-refractivity contribution in [1.29, 1.82) is 0 Å². The molecule has 0 radical (unpaired) electrons. The molecule has 112 valence electrons. The zero-order valence-electron chi connectivity index (χ0n) is 11.5. The Morgan fingerprint density at radius 1 is 1.48 bits per heavy atom. The molecule has 0 atom stereocenters. The summed E-state index contributed by atoms with van der Waals surface area (Å²) in [6, 6.07) is 4.84. The Morgan fingerprint density at radius 3 is 2.95 bits per heavy atom. The van der Waals surface area contributed by atoms with Crippen LogP contribution < -0.4 is 10.9 Å². The molecule has 0 aliphatic rings. The average molecular weight is 308 g/mol. The van der Waals surface area contributed by atoms with E-state index in [-0.39, 0.29) is 5.56 Å². The summed E-state index contributed by atoms with van der Waals surface area (Å²) in [5.41, 5.74) is 1.01. The summed E-state index contributed by atoms with van der Waals surface area (Å²) in [5.74, 6) is -0.925. The van der Waals surface area contributed by atoms with E-state index in [1.54, 1.807) is 35.4 Å². The molecule has 2 aromatic heterocycles. The third-order valence-electron chi connectivity index (χ3n) is 2.89. The largest absolute Gasteiger partial charge is 0.478 e. The van der Waals surface area contributed by atoms with Crippen LogP contribution >= 0.6 is 11.3 Å². The van der Waals surface area contributed by atoms with E-state index in [0.717, 1.165) is 10.6 Å². The Labute approximate surface area is 125 Å². The number of carbonyl (C=O) groups is 1. The molecule has 2 rings (SSSR count). The predicted molar refractivity (Wildman–Crippen MR) is 81.2 cm³/mol. The molecule has 0 unspecified atom stereocenters. The predicted octanol–water partition coefficient (Wildman–Crippen LogP) is 1.87. The monoisotopic (exact) mass is 308 g/mol. The van der Waals surface area contributed by atoms with Crippen molar-refractivity contribution in [3.63, 3.8) is 0 Å². The summed E-state index contributed by atoms with van der Waals surface area (Å²) in [7, 11) is 1.59. The fourth-order valence-electron chi connectivity index (χ4n) is 1.77. The van der Waals surface area contributed by atoms with Crippen LogP contribution in [0, 0.1) is 0 Å². The summed E-state index contributed by atoms with van der Waals surface area (Å²) in [4.78, 5) is 23.4. The van der Waals surface area contributed by atoms with Crippen molar-refractivity contribution >= 4 is 23.0 Å². The smallest absolute Gasteiger partial charge is 0.336 e. The van der Waals surface area contributed by atoms with Gasteiger partial charge in [0, 0.05) is 42.7 Å². The van der Waals surface area contributed by atoms with Gasteiger partial charge in [-0.05, 0) is 12.1 Å². The van der Waals surface area contributed by atoms with Gasteiger partial charge in [-0.1, -0.05) is 0 Å². The van der Waals surface area contributed by atoms with Gasteiger partial charge in [0.25, 0.3) is 5.56 Å². The highest BCUT2D eigenvalue weighted by Crippen LogP contribution is 2.16. The van der Waals surface area contributed by atoms with Gasteiger partial charge in [-0.3, -0.25) is 4.79 Å². The maximum absolute atomic E-state index is 11.6. The number of anilines is 1. The van der Waals surface area contributed by atoms with Crippen LogP contribution in [-0.2, 0) is 17.8 Å². The third-order valence-corrected chi connectivity index (χ3v) is 3.82. The molecule has 0 spiro atoms. The van der Waals surface area contributed by atoms with Gasteiger partial charge in [0.1, 0.15) is 0 Å². The molecule has 0 aliphatic heterocycles. The summed E-state index contributed by atoms with van der Waals surface area (Å²) in [6.45, 7) is 1.48. The lowest BCUT2D eigenvalue weighted by molar-refractivity contribution is 0.0697. The Balaban J connectivity index is 2.02. The van der Waals surface area contributed by atoms with Crippen molar-refractivity contribution in [1.82, 2.24) is 4.57 Å². The third kappa shape index (κ3) is 4.17. The topological polar surface area (TPSA) is 80.6 Å². The maximum Gasteiger partial charge on any atom is 0.336 e. The number of aromatic carboxylic acids is 1. The van der Waals surface area contributed by atoms with Gasteiger partial charge in [0.05, 0.1) is 17.9 Å². The van der Waals surface area contributed by atoms with E-state index in [0.29, 0.717) is 25.3 Å². The van der Waals surface area contributed by atoms with E-state index >= 15 is 0 Å². The first-order valence-electron chi connectivity index (χ1n) is 6.34. The SMILES string of the molecule is COCCn1cc(NCc2cc(C(=O)O)cs2)ccc1=O. The second-order valence-corrected chi connectivity index (χ2v) is 5.40. The number of rotatable bonds is 7. The number of nitrogens with zero attached hydrogens (tertiary/aromatic N) is 1. The quantitative estimate of drug-likeness (QED) is 0.816. The highest BCUT2D eigenvalue weighted by Gasteiger charge is 2.06. The molecule has 0 saturated heterocycles.